The van der Waals surface area contributed by atoms with Crippen LogP contribution in [0.4, 0.5) is 0 Å². The molecule has 7 heteroatoms. The Kier molecular flexibility index (Phi) is 6.01. The Balaban J connectivity index is 1.74. The van der Waals surface area contributed by atoms with E-state index >= 15 is 0 Å². The zero-order valence-corrected chi connectivity index (χ0v) is 16.4. The highest BCUT2D eigenvalue weighted by molar-refractivity contribution is 6.30. The second-order valence-corrected chi connectivity index (χ2v) is 6.33. The van der Waals surface area contributed by atoms with Crippen molar-refractivity contribution in [3.63, 3.8) is 0 Å². The van der Waals surface area contributed by atoms with E-state index < -0.39 is 0 Å². The molecular formula is C21H19ClN2O4. The molecule has 144 valence electrons. The molecule has 2 aromatic carbocycles. The molecule has 0 aliphatic heterocycles. The molecule has 0 aliphatic rings. The minimum Gasteiger partial charge on any atom is -0.497 e. The third-order valence-corrected chi connectivity index (χ3v) is 4.25. The van der Waals surface area contributed by atoms with Crippen LogP contribution in [0.5, 0.6) is 11.5 Å². The van der Waals surface area contributed by atoms with Crippen molar-refractivity contribution in [2.75, 3.05) is 21.3 Å². The molecule has 0 aliphatic carbocycles. The van der Waals surface area contributed by atoms with Gasteiger partial charge < -0.3 is 13.9 Å². The van der Waals surface area contributed by atoms with Crippen LogP contribution in [-0.4, -0.2) is 38.4 Å². The molecule has 1 aromatic heterocycles. The van der Waals surface area contributed by atoms with Crippen molar-refractivity contribution in [1.29, 1.82) is 0 Å². The topological polar surface area (TPSA) is 64.3 Å². The van der Waals surface area contributed by atoms with Crippen molar-refractivity contribution in [3.05, 3.63) is 70.9 Å². The molecule has 0 N–H and O–H groups in total. The number of amides is 1. The van der Waals surface area contributed by atoms with Gasteiger partial charge in [-0.25, -0.2) is 5.01 Å². The number of halogens is 1. The SMILES string of the molecule is COc1cc(/C=N/N(C)C(=O)c2ccc(-c3ccc(Cl)cc3)o2)cc(OC)c1. The molecule has 0 fully saturated rings. The molecule has 0 unspecified atom stereocenters. The summed E-state index contributed by atoms with van der Waals surface area (Å²) < 4.78 is 16.1. The average molecular weight is 399 g/mol. The van der Waals surface area contributed by atoms with Crippen LogP contribution in [0.1, 0.15) is 16.1 Å². The van der Waals surface area contributed by atoms with Crippen LogP contribution in [0.25, 0.3) is 11.3 Å². The molecular weight excluding hydrogens is 380 g/mol. The summed E-state index contributed by atoms with van der Waals surface area (Å²) in [6.45, 7) is 0. The predicted molar refractivity (Wildman–Crippen MR) is 108 cm³/mol. The van der Waals surface area contributed by atoms with E-state index in [0.717, 1.165) is 11.1 Å². The Bertz CT molecular complexity index is 974. The molecule has 0 saturated carbocycles. The zero-order chi connectivity index (χ0) is 20.1. The minimum atomic E-state index is -0.369. The van der Waals surface area contributed by atoms with Gasteiger partial charge in [-0.3, -0.25) is 4.79 Å². The smallest absolute Gasteiger partial charge is 0.309 e. The average Bonchev–Trinajstić information content (AvgIpc) is 3.21. The summed E-state index contributed by atoms with van der Waals surface area (Å²) in [7, 11) is 4.70. The lowest BCUT2D eigenvalue weighted by Gasteiger charge is -2.09. The normalized spacial score (nSPS) is 10.9. The lowest BCUT2D eigenvalue weighted by molar-refractivity contribution is 0.0770. The Morgan fingerprint density at radius 1 is 1.04 bits per heavy atom. The maximum atomic E-state index is 12.6. The number of methoxy groups -OCH3 is 2. The van der Waals surface area contributed by atoms with Crippen LogP contribution in [0.3, 0.4) is 0 Å². The van der Waals surface area contributed by atoms with Crippen LogP contribution in [0.2, 0.25) is 5.02 Å². The number of hydrazone groups is 1. The highest BCUT2D eigenvalue weighted by Crippen LogP contribution is 2.25. The summed E-state index contributed by atoms with van der Waals surface area (Å²) in [6.07, 6.45) is 1.55. The van der Waals surface area contributed by atoms with Crippen molar-refractivity contribution >= 4 is 23.7 Å². The molecule has 0 spiro atoms. The van der Waals surface area contributed by atoms with Gasteiger partial charge in [0.05, 0.1) is 20.4 Å². The summed E-state index contributed by atoms with van der Waals surface area (Å²) in [5, 5.41) is 6.02. The van der Waals surface area contributed by atoms with Crippen LogP contribution in [-0.2, 0) is 0 Å². The molecule has 1 heterocycles. The number of hydrogen-bond acceptors (Lipinski definition) is 5. The largest absolute Gasteiger partial charge is 0.497 e. The maximum Gasteiger partial charge on any atom is 0.309 e. The van der Waals surface area contributed by atoms with E-state index in [2.05, 4.69) is 5.10 Å². The van der Waals surface area contributed by atoms with Gasteiger partial charge in [-0.1, -0.05) is 11.6 Å². The van der Waals surface area contributed by atoms with E-state index in [4.69, 9.17) is 25.5 Å². The first-order valence-corrected chi connectivity index (χ1v) is 8.79. The summed E-state index contributed by atoms with van der Waals surface area (Å²) in [4.78, 5) is 12.6. The second kappa shape index (κ2) is 8.63. The van der Waals surface area contributed by atoms with Gasteiger partial charge in [0.15, 0.2) is 5.76 Å². The summed E-state index contributed by atoms with van der Waals surface area (Å²) in [6, 6.07) is 15.9. The van der Waals surface area contributed by atoms with Gasteiger partial charge >= 0.3 is 5.91 Å². The number of hydrogen-bond donors (Lipinski definition) is 0. The van der Waals surface area contributed by atoms with Gasteiger partial charge in [0, 0.05) is 29.3 Å². The first-order chi connectivity index (χ1) is 13.5. The van der Waals surface area contributed by atoms with Crippen molar-refractivity contribution < 1.29 is 18.7 Å². The van der Waals surface area contributed by atoms with E-state index in [9.17, 15) is 4.79 Å². The number of carbonyl (C=O) groups excluding carboxylic acids is 1. The van der Waals surface area contributed by atoms with Gasteiger partial charge in [-0.2, -0.15) is 5.10 Å². The summed E-state index contributed by atoms with van der Waals surface area (Å²) in [5.74, 6) is 1.66. The highest BCUT2D eigenvalue weighted by atomic mass is 35.5. The fraction of sp³-hybridized carbons (Fsp3) is 0.143. The first kappa shape index (κ1) is 19.5. The monoisotopic (exact) mass is 398 g/mol. The number of benzene rings is 2. The Morgan fingerprint density at radius 3 is 2.29 bits per heavy atom. The van der Waals surface area contributed by atoms with Gasteiger partial charge in [0.25, 0.3) is 0 Å². The second-order valence-electron chi connectivity index (χ2n) is 5.89. The molecule has 1 amide bonds. The van der Waals surface area contributed by atoms with Gasteiger partial charge in [0.2, 0.25) is 0 Å². The van der Waals surface area contributed by atoms with E-state index in [1.165, 1.54) is 5.01 Å². The fourth-order valence-corrected chi connectivity index (χ4v) is 2.62. The van der Waals surface area contributed by atoms with Gasteiger partial charge in [0.1, 0.15) is 17.3 Å². The molecule has 3 rings (SSSR count). The molecule has 0 atom stereocenters. The van der Waals surface area contributed by atoms with Crippen molar-refractivity contribution in [2.24, 2.45) is 5.10 Å². The third-order valence-electron chi connectivity index (χ3n) is 3.99. The Morgan fingerprint density at radius 2 is 1.68 bits per heavy atom. The summed E-state index contributed by atoms with van der Waals surface area (Å²) >= 11 is 5.90. The minimum absolute atomic E-state index is 0.188. The Labute approximate surface area is 167 Å². The number of carbonyl (C=O) groups is 1. The number of furan rings is 1. The number of ether oxygens (including phenoxy) is 2. The van der Waals surface area contributed by atoms with Crippen LogP contribution >= 0.6 is 11.6 Å². The van der Waals surface area contributed by atoms with E-state index in [0.29, 0.717) is 22.3 Å². The van der Waals surface area contributed by atoms with Crippen LogP contribution in [0.15, 0.2) is 64.1 Å². The van der Waals surface area contributed by atoms with E-state index in [1.54, 1.807) is 69.9 Å². The lowest BCUT2D eigenvalue weighted by Crippen LogP contribution is -2.20. The van der Waals surface area contributed by atoms with Crippen molar-refractivity contribution in [3.8, 4) is 22.8 Å². The molecule has 0 bridgehead atoms. The van der Waals surface area contributed by atoms with Gasteiger partial charge in [-0.15, -0.1) is 0 Å². The number of nitrogens with zero attached hydrogens (tertiary/aromatic N) is 2. The molecule has 3 aromatic rings. The van der Waals surface area contributed by atoms with Crippen molar-refractivity contribution in [1.82, 2.24) is 5.01 Å². The van der Waals surface area contributed by atoms with Crippen LogP contribution in [0, 0.1) is 0 Å². The van der Waals surface area contributed by atoms with Crippen molar-refractivity contribution in [2.45, 2.75) is 0 Å². The standard InChI is InChI=1S/C21H19ClN2O4/c1-24(23-13-14-10-17(26-2)12-18(11-14)27-3)21(25)20-9-8-19(28-20)15-4-6-16(22)7-5-15/h4-13H,1-3H3/b23-13+. The number of rotatable bonds is 6. The van der Waals surface area contributed by atoms with Gasteiger partial charge in [-0.05, 0) is 48.5 Å². The zero-order valence-electron chi connectivity index (χ0n) is 15.7. The van der Waals surface area contributed by atoms with E-state index in [-0.39, 0.29) is 11.7 Å². The predicted octanol–water partition coefficient (Wildman–Crippen LogP) is 4.72. The third kappa shape index (κ3) is 4.53. The highest BCUT2D eigenvalue weighted by Gasteiger charge is 2.16. The quantitative estimate of drug-likeness (QED) is 0.445. The molecule has 0 saturated heterocycles. The molecule has 28 heavy (non-hydrogen) atoms. The Hall–Kier alpha value is -3.25. The molecule has 6 nitrogen and oxygen atoms in total. The van der Waals surface area contributed by atoms with E-state index in [1.807, 2.05) is 12.1 Å². The molecule has 0 radical (unpaired) electrons. The first-order valence-electron chi connectivity index (χ1n) is 8.41. The van der Waals surface area contributed by atoms with Crippen LogP contribution < -0.4 is 9.47 Å². The maximum absolute atomic E-state index is 12.6. The summed E-state index contributed by atoms with van der Waals surface area (Å²) in [5.41, 5.74) is 1.57. The fourth-order valence-electron chi connectivity index (χ4n) is 2.49. The lowest BCUT2D eigenvalue weighted by atomic mass is 10.2.